The molecule has 0 aliphatic rings. The van der Waals surface area contributed by atoms with Crippen LogP contribution >= 0.6 is 0 Å². The smallest absolute Gasteiger partial charge is 0.392 e. The average molecular weight is 296 g/mol. The maximum Gasteiger partial charge on any atom is 0.416 e. The third-order valence-electron chi connectivity index (χ3n) is 3.14. The zero-order chi connectivity index (χ0) is 15.5. The number of aliphatic hydroxyl groups excluding tert-OH is 1. The minimum absolute atomic E-state index is 0.127. The first-order valence-corrected chi connectivity index (χ1v) is 6.34. The number of pyridine rings is 1. The lowest BCUT2D eigenvalue weighted by Crippen LogP contribution is -2.19. The molecule has 2 aromatic rings. The first-order valence-electron chi connectivity index (χ1n) is 6.34. The van der Waals surface area contributed by atoms with Crippen molar-refractivity contribution in [2.24, 2.45) is 0 Å². The molecular weight excluding hydrogens is 281 g/mol. The summed E-state index contributed by atoms with van der Waals surface area (Å²) in [7, 11) is 1.70. The Morgan fingerprint density at radius 1 is 1.19 bits per heavy atom. The molecule has 0 unspecified atom stereocenters. The lowest BCUT2D eigenvalue weighted by Gasteiger charge is -2.21. The van der Waals surface area contributed by atoms with Crippen LogP contribution in [0.5, 0.6) is 0 Å². The first-order chi connectivity index (χ1) is 9.91. The summed E-state index contributed by atoms with van der Waals surface area (Å²) in [6.07, 6.45) is -2.85. The summed E-state index contributed by atoms with van der Waals surface area (Å²) in [4.78, 5) is 5.82. The molecule has 0 amide bonds. The summed E-state index contributed by atoms with van der Waals surface area (Å²) < 4.78 is 38.9. The van der Waals surface area contributed by atoms with Gasteiger partial charge in [0.2, 0.25) is 0 Å². The number of halogens is 3. The van der Waals surface area contributed by atoms with E-state index in [9.17, 15) is 13.2 Å². The highest BCUT2D eigenvalue weighted by molar-refractivity contribution is 5.51. The number of hydrogen-bond acceptors (Lipinski definition) is 3. The molecule has 0 bridgehead atoms. The van der Waals surface area contributed by atoms with Crippen molar-refractivity contribution in [2.75, 3.05) is 11.9 Å². The Hall–Kier alpha value is -2.08. The number of alkyl halides is 3. The van der Waals surface area contributed by atoms with E-state index in [1.807, 2.05) is 12.1 Å². The predicted molar refractivity (Wildman–Crippen MR) is 73.7 cm³/mol. The van der Waals surface area contributed by atoms with Gasteiger partial charge in [0.1, 0.15) is 0 Å². The molecule has 1 heterocycles. The van der Waals surface area contributed by atoms with Crippen LogP contribution in [-0.4, -0.2) is 17.1 Å². The molecule has 0 aliphatic heterocycles. The molecule has 3 nitrogen and oxygen atoms in total. The van der Waals surface area contributed by atoms with Crippen molar-refractivity contribution in [2.45, 2.75) is 19.3 Å². The van der Waals surface area contributed by atoms with Crippen LogP contribution in [0.15, 0.2) is 42.6 Å². The fourth-order valence-corrected chi connectivity index (χ4v) is 2.03. The van der Waals surface area contributed by atoms with Gasteiger partial charge in [-0.25, -0.2) is 0 Å². The van der Waals surface area contributed by atoms with Crippen LogP contribution in [0, 0.1) is 0 Å². The SMILES string of the molecule is CN(Cc1ccccn1)c1ccc(CO)c(C(F)(F)F)c1. The van der Waals surface area contributed by atoms with Gasteiger partial charge in [0.15, 0.2) is 0 Å². The maximum absolute atomic E-state index is 13.0. The number of nitrogens with zero attached hydrogens (tertiary/aromatic N) is 2. The zero-order valence-corrected chi connectivity index (χ0v) is 11.4. The van der Waals surface area contributed by atoms with E-state index in [1.165, 1.54) is 6.07 Å². The molecule has 0 radical (unpaired) electrons. The molecule has 1 N–H and O–H groups in total. The summed E-state index contributed by atoms with van der Waals surface area (Å²) in [5.41, 5.74) is 0.248. The minimum atomic E-state index is -4.49. The lowest BCUT2D eigenvalue weighted by molar-refractivity contribution is -0.138. The molecule has 21 heavy (non-hydrogen) atoms. The second-order valence-electron chi connectivity index (χ2n) is 4.67. The van der Waals surface area contributed by atoms with Gasteiger partial charge in [0, 0.05) is 18.9 Å². The molecular formula is C15H15F3N2O. The maximum atomic E-state index is 13.0. The Bertz CT molecular complexity index is 600. The number of aliphatic hydroxyl groups is 1. The van der Waals surface area contributed by atoms with Crippen molar-refractivity contribution < 1.29 is 18.3 Å². The molecule has 1 aromatic heterocycles. The summed E-state index contributed by atoms with van der Waals surface area (Å²) in [6.45, 7) is -0.240. The highest BCUT2D eigenvalue weighted by atomic mass is 19.4. The van der Waals surface area contributed by atoms with E-state index in [2.05, 4.69) is 4.98 Å². The van der Waals surface area contributed by atoms with Gasteiger partial charge in [-0.15, -0.1) is 0 Å². The minimum Gasteiger partial charge on any atom is -0.392 e. The molecule has 112 valence electrons. The number of anilines is 1. The third-order valence-corrected chi connectivity index (χ3v) is 3.14. The van der Waals surface area contributed by atoms with Crippen LogP contribution in [0.2, 0.25) is 0 Å². The Balaban J connectivity index is 2.28. The van der Waals surface area contributed by atoms with E-state index in [4.69, 9.17) is 5.11 Å². The van der Waals surface area contributed by atoms with Crippen LogP contribution < -0.4 is 4.90 Å². The molecule has 2 rings (SSSR count). The van der Waals surface area contributed by atoms with Crippen molar-refractivity contribution in [3.63, 3.8) is 0 Å². The van der Waals surface area contributed by atoms with E-state index >= 15 is 0 Å². The monoisotopic (exact) mass is 296 g/mol. The zero-order valence-electron chi connectivity index (χ0n) is 11.4. The highest BCUT2D eigenvalue weighted by Crippen LogP contribution is 2.34. The van der Waals surface area contributed by atoms with Crippen molar-refractivity contribution >= 4 is 5.69 Å². The number of rotatable bonds is 4. The largest absolute Gasteiger partial charge is 0.416 e. The highest BCUT2D eigenvalue weighted by Gasteiger charge is 2.33. The fraction of sp³-hybridized carbons (Fsp3) is 0.267. The van der Waals surface area contributed by atoms with Crippen LogP contribution in [0.3, 0.4) is 0 Å². The van der Waals surface area contributed by atoms with Gasteiger partial charge >= 0.3 is 6.18 Å². The van der Waals surface area contributed by atoms with Gasteiger partial charge in [0.25, 0.3) is 0 Å². The van der Waals surface area contributed by atoms with Gasteiger partial charge < -0.3 is 10.0 Å². The Kier molecular flexibility index (Phi) is 4.47. The Morgan fingerprint density at radius 2 is 1.95 bits per heavy atom. The summed E-state index contributed by atoms with van der Waals surface area (Å²) in [5, 5.41) is 9.02. The van der Waals surface area contributed by atoms with E-state index < -0.39 is 18.3 Å². The first kappa shape index (κ1) is 15.3. The van der Waals surface area contributed by atoms with E-state index in [1.54, 1.807) is 30.3 Å². The van der Waals surface area contributed by atoms with Crippen LogP contribution in [0.4, 0.5) is 18.9 Å². The van der Waals surface area contributed by atoms with Gasteiger partial charge in [-0.3, -0.25) is 4.98 Å². The average Bonchev–Trinajstić information content (AvgIpc) is 2.46. The van der Waals surface area contributed by atoms with Crippen LogP contribution in [0.1, 0.15) is 16.8 Å². The van der Waals surface area contributed by atoms with Gasteiger partial charge in [-0.05, 0) is 29.8 Å². The van der Waals surface area contributed by atoms with Gasteiger partial charge in [-0.1, -0.05) is 12.1 Å². The number of benzene rings is 1. The molecule has 1 aromatic carbocycles. The normalized spacial score (nSPS) is 11.5. The molecule has 0 fully saturated rings. The van der Waals surface area contributed by atoms with Crippen molar-refractivity contribution in [1.82, 2.24) is 4.98 Å². The quantitative estimate of drug-likeness (QED) is 0.941. The summed E-state index contributed by atoms with van der Waals surface area (Å²) >= 11 is 0. The molecule has 0 spiro atoms. The van der Waals surface area contributed by atoms with Crippen LogP contribution in [0.25, 0.3) is 0 Å². The summed E-state index contributed by atoms with van der Waals surface area (Å²) in [6, 6.07) is 9.32. The fourth-order valence-electron chi connectivity index (χ4n) is 2.03. The summed E-state index contributed by atoms with van der Waals surface area (Å²) in [5.74, 6) is 0. The third kappa shape index (κ3) is 3.72. The molecule has 0 atom stereocenters. The second-order valence-corrected chi connectivity index (χ2v) is 4.67. The van der Waals surface area contributed by atoms with E-state index in [0.29, 0.717) is 12.2 Å². The van der Waals surface area contributed by atoms with E-state index in [-0.39, 0.29) is 5.56 Å². The number of hydrogen-bond donors (Lipinski definition) is 1. The number of aromatic nitrogens is 1. The topological polar surface area (TPSA) is 36.4 Å². The van der Waals surface area contributed by atoms with E-state index in [0.717, 1.165) is 11.8 Å². The van der Waals surface area contributed by atoms with Crippen molar-refractivity contribution in [1.29, 1.82) is 0 Å². The predicted octanol–water partition coefficient (Wildman–Crippen LogP) is 3.23. The standard InChI is InChI=1S/C15H15F3N2O/c1-20(9-12-4-2-3-7-19-12)13-6-5-11(10-21)14(8-13)15(16,17)18/h2-8,21H,9-10H2,1H3. The molecule has 0 saturated heterocycles. The molecule has 6 heteroatoms. The lowest BCUT2D eigenvalue weighted by atomic mass is 10.1. The van der Waals surface area contributed by atoms with Crippen LogP contribution in [-0.2, 0) is 19.3 Å². The molecule has 0 saturated carbocycles. The van der Waals surface area contributed by atoms with Crippen molar-refractivity contribution in [3.8, 4) is 0 Å². The Morgan fingerprint density at radius 3 is 2.52 bits per heavy atom. The van der Waals surface area contributed by atoms with Gasteiger partial charge in [0.05, 0.1) is 24.4 Å². The Labute approximate surface area is 120 Å². The molecule has 0 aliphatic carbocycles. The second kappa shape index (κ2) is 6.13. The van der Waals surface area contributed by atoms with Gasteiger partial charge in [-0.2, -0.15) is 13.2 Å². The van der Waals surface area contributed by atoms with Crippen molar-refractivity contribution in [3.05, 3.63) is 59.4 Å².